The molecule has 1 aliphatic heterocycles. The van der Waals surface area contributed by atoms with Crippen molar-refractivity contribution in [1.82, 2.24) is 14.5 Å². The molecule has 1 aromatic heterocycles. The molecule has 0 spiro atoms. The number of rotatable bonds is 1. The number of Topliss-reactive ketones (excluding diaryl/α,β-unsaturated/α-hetero) is 1. The van der Waals surface area contributed by atoms with Crippen LogP contribution in [0.3, 0.4) is 0 Å². The third-order valence-electron chi connectivity index (χ3n) is 3.80. The predicted octanol–water partition coefficient (Wildman–Crippen LogP) is 2.12. The van der Waals surface area contributed by atoms with Crippen molar-refractivity contribution in [3.8, 4) is 12.0 Å². The summed E-state index contributed by atoms with van der Waals surface area (Å²) in [6.07, 6.45) is 2.34. The SMILES string of the molecule is Cc1nc2cc(C(=O)C#CN3CCCC3)ccc2n1C. The Morgan fingerprint density at radius 3 is 2.80 bits per heavy atom. The van der Waals surface area contributed by atoms with Crippen molar-refractivity contribution < 1.29 is 4.79 Å². The van der Waals surface area contributed by atoms with Gasteiger partial charge >= 0.3 is 0 Å². The minimum absolute atomic E-state index is 0.137. The van der Waals surface area contributed by atoms with Crippen molar-refractivity contribution in [2.24, 2.45) is 7.05 Å². The van der Waals surface area contributed by atoms with Gasteiger partial charge in [0.15, 0.2) is 0 Å². The van der Waals surface area contributed by atoms with Gasteiger partial charge in [-0.3, -0.25) is 4.79 Å². The van der Waals surface area contributed by atoms with Gasteiger partial charge in [0.25, 0.3) is 0 Å². The number of likely N-dealkylation sites (tertiary alicyclic amines) is 1. The van der Waals surface area contributed by atoms with Crippen LogP contribution in [0.1, 0.15) is 29.0 Å². The fourth-order valence-corrected chi connectivity index (χ4v) is 2.49. The second-order valence-electron chi connectivity index (χ2n) is 5.18. The highest BCUT2D eigenvalue weighted by molar-refractivity contribution is 6.10. The van der Waals surface area contributed by atoms with Gasteiger partial charge in [-0.05, 0) is 43.9 Å². The van der Waals surface area contributed by atoms with E-state index in [2.05, 4.69) is 16.9 Å². The van der Waals surface area contributed by atoms with Crippen LogP contribution >= 0.6 is 0 Å². The molecule has 0 atom stereocenters. The van der Waals surface area contributed by atoms with E-state index in [0.29, 0.717) is 5.56 Å². The lowest BCUT2D eigenvalue weighted by atomic mass is 10.1. The number of benzene rings is 1. The van der Waals surface area contributed by atoms with Crippen molar-refractivity contribution in [3.63, 3.8) is 0 Å². The highest BCUT2D eigenvalue weighted by atomic mass is 16.1. The molecule has 0 saturated carbocycles. The smallest absolute Gasteiger partial charge is 0.237 e. The fraction of sp³-hybridized carbons (Fsp3) is 0.375. The Hall–Kier alpha value is -2.28. The molecule has 4 nitrogen and oxygen atoms in total. The van der Waals surface area contributed by atoms with Crippen molar-refractivity contribution >= 4 is 16.8 Å². The Labute approximate surface area is 118 Å². The minimum atomic E-state index is -0.137. The number of imidazole rings is 1. The van der Waals surface area contributed by atoms with E-state index in [-0.39, 0.29) is 5.78 Å². The summed E-state index contributed by atoms with van der Waals surface area (Å²) in [6.45, 7) is 3.90. The number of hydrogen-bond acceptors (Lipinski definition) is 3. The first-order valence-corrected chi connectivity index (χ1v) is 6.89. The Morgan fingerprint density at radius 1 is 1.30 bits per heavy atom. The van der Waals surface area contributed by atoms with E-state index in [0.717, 1.165) is 29.9 Å². The topological polar surface area (TPSA) is 38.1 Å². The van der Waals surface area contributed by atoms with Gasteiger partial charge in [-0.1, -0.05) is 0 Å². The van der Waals surface area contributed by atoms with Gasteiger partial charge in [0.1, 0.15) is 5.82 Å². The van der Waals surface area contributed by atoms with E-state index < -0.39 is 0 Å². The van der Waals surface area contributed by atoms with E-state index in [1.54, 1.807) is 0 Å². The quantitative estimate of drug-likeness (QED) is 0.587. The molecule has 20 heavy (non-hydrogen) atoms. The molecule has 2 heterocycles. The average molecular weight is 267 g/mol. The number of ketones is 1. The van der Waals surface area contributed by atoms with Crippen molar-refractivity contribution in [2.75, 3.05) is 13.1 Å². The van der Waals surface area contributed by atoms with Crippen LogP contribution < -0.4 is 0 Å². The van der Waals surface area contributed by atoms with Crippen LogP contribution in [0.15, 0.2) is 18.2 Å². The fourth-order valence-electron chi connectivity index (χ4n) is 2.49. The number of carbonyl (C=O) groups is 1. The number of nitrogens with zero attached hydrogens (tertiary/aromatic N) is 3. The number of carbonyl (C=O) groups excluding carboxylic acids is 1. The number of aromatic nitrogens is 2. The Bertz CT molecular complexity index is 727. The van der Waals surface area contributed by atoms with Gasteiger partial charge in [-0.25, -0.2) is 4.98 Å². The first kappa shape index (κ1) is 12.7. The summed E-state index contributed by atoms with van der Waals surface area (Å²) in [5.41, 5.74) is 2.49. The first-order chi connectivity index (χ1) is 9.65. The normalized spacial score (nSPS) is 14.4. The van der Waals surface area contributed by atoms with Crippen LogP contribution in [-0.2, 0) is 7.05 Å². The second-order valence-corrected chi connectivity index (χ2v) is 5.18. The Morgan fingerprint density at radius 2 is 2.05 bits per heavy atom. The zero-order chi connectivity index (χ0) is 14.1. The van der Waals surface area contributed by atoms with Gasteiger partial charge in [-0.15, -0.1) is 0 Å². The molecule has 1 aromatic carbocycles. The number of fused-ring (bicyclic) bond motifs is 1. The van der Waals surface area contributed by atoms with Gasteiger partial charge in [0.05, 0.1) is 11.0 Å². The summed E-state index contributed by atoms with van der Waals surface area (Å²) in [6, 6.07) is 8.53. The second kappa shape index (κ2) is 5.01. The molecule has 2 aromatic rings. The number of aryl methyl sites for hydroxylation is 2. The van der Waals surface area contributed by atoms with E-state index in [1.165, 1.54) is 12.8 Å². The number of hydrogen-bond donors (Lipinski definition) is 0. The summed E-state index contributed by atoms with van der Waals surface area (Å²) in [7, 11) is 1.97. The van der Waals surface area contributed by atoms with E-state index >= 15 is 0 Å². The summed E-state index contributed by atoms with van der Waals surface area (Å²) in [5.74, 6) is 3.53. The lowest BCUT2D eigenvalue weighted by Crippen LogP contribution is -2.12. The van der Waals surface area contributed by atoms with Crippen molar-refractivity contribution in [3.05, 3.63) is 29.6 Å². The molecule has 0 unspecified atom stereocenters. The molecular formula is C16H17N3O. The molecule has 0 N–H and O–H groups in total. The third-order valence-corrected chi connectivity index (χ3v) is 3.80. The minimum Gasteiger partial charge on any atom is -0.332 e. The largest absolute Gasteiger partial charge is 0.332 e. The van der Waals surface area contributed by atoms with Crippen LogP contribution in [0.25, 0.3) is 11.0 Å². The van der Waals surface area contributed by atoms with Gasteiger partial charge in [0, 0.05) is 31.7 Å². The van der Waals surface area contributed by atoms with Gasteiger partial charge in [-0.2, -0.15) is 0 Å². The van der Waals surface area contributed by atoms with Crippen LogP contribution in [-0.4, -0.2) is 33.3 Å². The molecule has 1 fully saturated rings. The molecule has 0 aliphatic carbocycles. The lowest BCUT2D eigenvalue weighted by molar-refractivity contribution is 0.105. The molecule has 1 aliphatic rings. The third kappa shape index (κ3) is 2.27. The molecule has 3 rings (SSSR count). The predicted molar refractivity (Wildman–Crippen MR) is 78.4 cm³/mol. The van der Waals surface area contributed by atoms with Crippen LogP contribution in [0.5, 0.6) is 0 Å². The average Bonchev–Trinajstić information content (AvgIpc) is 3.05. The summed E-state index contributed by atoms with van der Waals surface area (Å²) >= 11 is 0. The zero-order valence-corrected chi connectivity index (χ0v) is 11.8. The monoisotopic (exact) mass is 267 g/mol. The first-order valence-electron chi connectivity index (χ1n) is 6.89. The maximum atomic E-state index is 12.1. The lowest BCUT2D eigenvalue weighted by Gasteiger charge is -2.05. The molecule has 102 valence electrons. The maximum Gasteiger partial charge on any atom is 0.237 e. The van der Waals surface area contributed by atoms with Crippen LogP contribution in [0.4, 0.5) is 0 Å². The summed E-state index contributed by atoms with van der Waals surface area (Å²) in [4.78, 5) is 18.6. The van der Waals surface area contributed by atoms with E-state index in [1.807, 2.05) is 41.6 Å². The maximum absolute atomic E-state index is 12.1. The molecule has 0 bridgehead atoms. The highest BCUT2D eigenvalue weighted by Crippen LogP contribution is 2.16. The Kier molecular flexibility index (Phi) is 3.19. The zero-order valence-electron chi connectivity index (χ0n) is 11.8. The molecule has 4 heteroatoms. The van der Waals surface area contributed by atoms with Crippen LogP contribution in [0.2, 0.25) is 0 Å². The molecular weight excluding hydrogens is 250 g/mol. The summed E-state index contributed by atoms with van der Waals surface area (Å²) in [5, 5.41) is 0. The molecule has 0 radical (unpaired) electrons. The standard InChI is InChI=1S/C16H17N3O/c1-12-17-14-11-13(5-6-15(14)18(12)2)16(20)7-10-19-8-3-4-9-19/h5-6,11H,3-4,8-9H2,1-2H3. The van der Waals surface area contributed by atoms with Gasteiger partial charge in [0.2, 0.25) is 5.78 Å². The van der Waals surface area contributed by atoms with Crippen molar-refractivity contribution in [2.45, 2.75) is 19.8 Å². The molecule has 0 amide bonds. The summed E-state index contributed by atoms with van der Waals surface area (Å²) < 4.78 is 2.01. The highest BCUT2D eigenvalue weighted by Gasteiger charge is 2.10. The van der Waals surface area contributed by atoms with Crippen LogP contribution in [0, 0.1) is 18.9 Å². The Balaban J connectivity index is 1.87. The molecule has 1 saturated heterocycles. The van der Waals surface area contributed by atoms with E-state index in [4.69, 9.17) is 0 Å². The van der Waals surface area contributed by atoms with E-state index in [9.17, 15) is 4.79 Å². The van der Waals surface area contributed by atoms with Crippen molar-refractivity contribution in [1.29, 1.82) is 0 Å². The van der Waals surface area contributed by atoms with Gasteiger partial charge < -0.3 is 9.47 Å².